The number of hydrogen-bond donors (Lipinski definition) is 4. The second-order valence-corrected chi connectivity index (χ2v) is 7.61. The van der Waals surface area contributed by atoms with Crippen molar-refractivity contribution < 1.29 is 23.9 Å². The van der Waals surface area contributed by atoms with Gasteiger partial charge in [0.2, 0.25) is 0 Å². The number of hydrazine groups is 1. The summed E-state index contributed by atoms with van der Waals surface area (Å²) in [5.74, 6) is -0.825. The second-order valence-electron chi connectivity index (χ2n) is 7.22. The molecule has 0 aliphatic carbocycles. The number of rotatable bonds is 5. The molecule has 0 bridgehead atoms. The number of nitrogens with zero attached hydrogens (tertiary/aromatic N) is 1. The fraction of sp³-hybridized carbons (Fsp3) is 0.364. The van der Waals surface area contributed by atoms with Crippen LogP contribution in [-0.4, -0.2) is 42.7 Å². The van der Waals surface area contributed by atoms with Gasteiger partial charge in [-0.1, -0.05) is 31.5 Å². The predicted octanol–water partition coefficient (Wildman–Crippen LogP) is 4.04. The van der Waals surface area contributed by atoms with Crippen LogP contribution in [0.5, 0.6) is 5.75 Å². The highest BCUT2D eigenvalue weighted by atomic mass is 35.5. The first-order valence-electron chi connectivity index (χ1n) is 10.2. The molecule has 1 heterocycles. The second kappa shape index (κ2) is 12.5. The maximum Gasteiger partial charge on any atom is 0.426 e. The lowest BCUT2D eigenvalue weighted by molar-refractivity contribution is 0.0483. The molecule has 0 unspecified atom stereocenters. The van der Waals surface area contributed by atoms with Crippen molar-refractivity contribution in [1.82, 2.24) is 21.2 Å². The van der Waals surface area contributed by atoms with E-state index in [1.165, 1.54) is 32.5 Å². The van der Waals surface area contributed by atoms with Crippen molar-refractivity contribution in [2.24, 2.45) is 0 Å². The molecular weight excluding hydrogens is 450 g/mol. The molecule has 180 valence electrons. The largest absolute Gasteiger partial charge is 0.494 e. The molecule has 0 aliphatic rings. The van der Waals surface area contributed by atoms with Gasteiger partial charge in [-0.15, -0.1) is 0 Å². The molecular formula is C22H30ClN5O5. The van der Waals surface area contributed by atoms with E-state index in [0.717, 1.165) is 0 Å². The van der Waals surface area contributed by atoms with Gasteiger partial charge < -0.3 is 20.1 Å². The number of benzene rings is 1. The van der Waals surface area contributed by atoms with Crippen molar-refractivity contribution in [2.45, 2.75) is 40.2 Å². The lowest BCUT2D eigenvalue weighted by Gasteiger charge is -2.20. The van der Waals surface area contributed by atoms with E-state index >= 15 is 0 Å². The van der Waals surface area contributed by atoms with E-state index in [2.05, 4.69) is 26.5 Å². The van der Waals surface area contributed by atoms with Gasteiger partial charge in [0, 0.05) is 13.2 Å². The molecule has 0 fully saturated rings. The molecule has 2 aromatic rings. The third kappa shape index (κ3) is 8.15. The Bertz CT molecular complexity index is 992. The van der Waals surface area contributed by atoms with E-state index in [1.807, 2.05) is 13.8 Å². The highest BCUT2D eigenvalue weighted by molar-refractivity contribution is 6.29. The lowest BCUT2D eigenvalue weighted by Crippen LogP contribution is -2.44. The van der Waals surface area contributed by atoms with Crippen LogP contribution in [-0.2, 0) is 4.74 Å². The van der Waals surface area contributed by atoms with Gasteiger partial charge >= 0.3 is 6.09 Å². The summed E-state index contributed by atoms with van der Waals surface area (Å²) >= 11 is 5.97. The minimum absolute atomic E-state index is 0.130. The number of ether oxygens (including phenoxy) is 2. The first-order valence-corrected chi connectivity index (χ1v) is 10.5. The van der Waals surface area contributed by atoms with Gasteiger partial charge in [-0.3, -0.25) is 15.0 Å². The van der Waals surface area contributed by atoms with Crippen molar-refractivity contribution in [1.29, 1.82) is 0 Å². The molecule has 33 heavy (non-hydrogen) atoms. The first-order chi connectivity index (χ1) is 15.6. The van der Waals surface area contributed by atoms with E-state index < -0.39 is 17.6 Å². The van der Waals surface area contributed by atoms with Crippen molar-refractivity contribution in [2.75, 3.05) is 19.5 Å². The third-order valence-electron chi connectivity index (χ3n) is 3.75. The van der Waals surface area contributed by atoms with Crippen LogP contribution in [0.1, 0.15) is 55.3 Å². The smallest absolute Gasteiger partial charge is 0.426 e. The molecule has 11 heteroatoms. The Balaban J connectivity index is 0.00000265. The fourth-order valence-corrected chi connectivity index (χ4v) is 2.66. The standard InChI is InChI=1S/C20H24ClN5O5.C2H6/c1-20(2,3)31-19(29)26-25-18(28)11-7-6-8-13(16(11)30-5)24-14-9-15(21)23-10-12(14)17(27)22-4;1-2/h6-10H,1-5H3,(H,22,27)(H,23,24)(H,25,28)(H,26,29);1-2H3. The molecule has 0 saturated heterocycles. The number of anilines is 2. The normalized spacial score (nSPS) is 10.2. The Labute approximate surface area is 198 Å². The van der Waals surface area contributed by atoms with Gasteiger partial charge in [0.1, 0.15) is 10.8 Å². The summed E-state index contributed by atoms with van der Waals surface area (Å²) in [6, 6.07) is 6.24. The highest BCUT2D eigenvalue weighted by Crippen LogP contribution is 2.33. The zero-order chi connectivity index (χ0) is 25.2. The Hall–Kier alpha value is -3.53. The minimum atomic E-state index is -0.809. The molecule has 0 atom stereocenters. The van der Waals surface area contributed by atoms with Gasteiger partial charge in [-0.2, -0.15) is 0 Å². The van der Waals surface area contributed by atoms with Crippen molar-refractivity contribution in [3.05, 3.63) is 46.7 Å². The first kappa shape index (κ1) is 27.5. The predicted molar refractivity (Wildman–Crippen MR) is 127 cm³/mol. The average molecular weight is 480 g/mol. The van der Waals surface area contributed by atoms with Crippen molar-refractivity contribution in [3.63, 3.8) is 0 Å². The summed E-state index contributed by atoms with van der Waals surface area (Å²) in [5, 5.41) is 5.73. The van der Waals surface area contributed by atoms with Gasteiger partial charge in [0.15, 0.2) is 5.75 Å². The summed E-state index contributed by atoms with van der Waals surface area (Å²) in [7, 11) is 2.88. The molecule has 3 amide bonds. The zero-order valence-electron chi connectivity index (χ0n) is 19.8. The fourth-order valence-electron chi connectivity index (χ4n) is 2.51. The Kier molecular flexibility index (Phi) is 10.4. The molecule has 4 N–H and O–H groups in total. The molecule has 10 nitrogen and oxygen atoms in total. The van der Waals surface area contributed by atoms with Gasteiger partial charge in [-0.25, -0.2) is 15.2 Å². The summed E-state index contributed by atoms with van der Waals surface area (Å²) < 4.78 is 10.5. The number of para-hydroxylation sites is 1. The Morgan fingerprint density at radius 1 is 1.00 bits per heavy atom. The van der Waals surface area contributed by atoms with E-state index in [9.17, 15) is 14.4 Å². The number of amides is 3. The molecule has 2 rings (SSSR count). The van der Waals surface area contributed by atoms with E-state index in [0.29, 0.717) is 11.4 Å². The topological polar surface area (TPSA) is 131 Å². The van der Waals surface area contributed by atoms with Crippen LogP contribution in [0.15, 0.2) is 30.5 Å². The SMILES string of the molecule is CC.CNC(=O)c1cnc(Cl)cc1Nc1cccc(C(=O)NNC(=O)OC(C)(C)C)c1OC. The van der Waals surface area contributed by atoms with Crippen LogP contribution in [0.2, 0.25) is 5.15 Å². The van der Waals surface area contributed by atoms with Crippen LogP contribution in [0.4, 0.5) is 16.2 Å². The number of carbonyl (C=O) groups is 3. The minimum Gasteiger partial charge on any atom is -0.494 e. The quantitative estimate of drug-likeness (QED) is 0.376. The van der Waals surface area contributed by atoms with E-state index in [-0.39, 0.29) is 27.9 Å². The van der Waals surface area contributed by atoms with Gasteiger partial charge in [-0.05, 0) is 39.0 Å². The molecule has 0 saturated carbocycles. The molecule has 0 radical (unpaired) electrons. The van der Waals surface area contributed by atoms with Crippen LogP contribution in [0, 0.1) is 0 Å². The molecule has 1 aromatic carbocycles. The number of halogens is 1. The monoisotopic (exact) mass is 479 g/mol. The number of hydrogen-bond acceptors (Lipinski definition) is 7. The Morgan fingerprint density at radius 2 is 1.67 bits per heavy atom. The zero-order valence-corrected chi connectivity index (χ0v) is 20.5. The van der Waals surface area contributed by atoms with Gasteiger partial charge in [0.25, 0.3) is 11.8 Å². The molecule has 0 spiro atoms. The number of nitrogens with one attached hydrogen (secondary N) is 4. The summed E-state index contributed by atoms with van der Waals surface area (Å²) in [4.78, 5) is 40.4. The lowest BCUT2D eigenvalue weighted by atomic mass is 10.1. The van der Waals surface area contributed by atoms with Crippen LogP contribution in [0.25, 0.3) is 0 Å². The number of aromatic nitrogens is 1. The van der Waals surface area contributed by atoms with Gasteiger partial charge in [0.05, 0.1) is 29.6 Å². The van der Waals surface area contributed by atoms with Crippen LogP contribution in [0.3, 0.4) is 0 Å². The summed E-state index contributed by atoms with van der Waals surface area (Å²) in [6.45, 7) is 9.10. The maximum atomic E-state index is 12.6. The summed E-state index contributed by atoms with van der Waals surface area (Å²) in [6.07, 6.45) is 0.521. The average Bonchev–Trinajstić information content (AvgIpc) is 2.77. The number of methoxy groups -OCH3 is 1. The Morgan fingerprint density at radius 3 is 2.24 bits per heavy atom. The number of carbonyl (C=O) groups excluding carboxylic acids is 3. The molecule has 1 aromatic heterocycles. The highest BCUT2D eigenvalue weighted by Gasteiger charge is 2.20. The van der Waals surface area contributed by atoms with Crippen LogP contribution >= 0.6 is 11.6 Å². The van der Waals surface area contributed by atoms with E-state index in [1.54, 1.807) is 32.9 Å². The van der Waals surface area contributed by atoms with Crippen molar-refractivity contribution >= 4 is 40.9 Å². The third-order valence-corrected chi connectivity index (χ3v) is 3.96. The molecule has 0 aliphatic heterocycles. The van der Waals surface area contributed by atoms with Crippen LogP contribution < -0.4 is 26.2 Å². The van der Waals surface area contributed by atoms with E-state index in [4.69, 9.17) is 21.1 Å². The van der Waals surface area contributed by atoms with Crippen molar-refractivity contribution in [3.8, 4) is 5.75 Å². The maximum absolute atomic E-state index is 12.6. The number of pyridine rings is 1. The summed E-state index contributed by atoms with van der Waals surface area (Å²) in [5.41, 5.74) is 4.86.